The second kappa shape index (κ2) is 4.43. The maximum atomic E-state index is 6.15. The van der Waals surface area contributed by atoms with Gasteiger partial charge in [0, 0.05) is 21.7 Å². The molecular formula is C11H11BrN2S. The molecule has 0 spiro atoms. The van der Waals surface area contributed by atoms with Crippen LogP contribution in [0.1, 0.15) is 22.9 Å². The fourth-order valence-corrected chi connectivity index (χ4v) is 2.94. The summed E-state index contributed by atoms with van der Waals surface area (Å²) >= 11 is 5.13. The number of thiophene rings is 1. The lowest BCUT2D eigenvalue weighted by molar-refractivity contribution is 0.861. The van der Waals surface area contributed by atoms with Gasteiger partial charge in [0.25, 0.3) is 0 Å². The molecule has 0 fully saturated rings. The monoisotopic (exact) mass is 282 g/mol. The van der Waals surface area contributed by atoms with Gasteiger partial charge in [-0.1, -0.05) is 6.07 Å². The molecule has 0 saturated heterocycles. The molecule has 0 amide bonds. The van der Waals surface area contributed by atoms with E-state index >= 15 is 0 Å². The molecule has 1 unspecified atom stereocenters. The van der Waals surface area contributed by atoms with Crippen molar-refractivity contribution < 1.29 is 0 Å². The number of hydrogen-bond donors (Lipinski definition) is 1. The number of pyridine rings is 1. The molecule has 1 atom stereocenters. The molecule has 0 aliphatic rings. The maximum Gasteiger partial charge on any atom is 0.0586 e. The average molecular weight is 283 g/mol. The highest BCUT2D eigenvalue weighted by molar-refractivity contribution is 9.10. The summed E-state index contributed by atoms with van der Waals surface area (Å²) in [5.41, 5.74) is 9.32. The first-order chi connectivity index (χ1) is 7.18. The molecule has 0 aromatic carbocycles. The summed E-state index contributed by atoms with van der Waals surface area (Å²) < 4.78 is 1.07. The number of nitrogens with zero attached hydrogens (tertiary/aromatic N) is 1. The fraction of sp³-hybridized carbons (Fsp3) is 0.182. The van der Waals surface area contributed by atoms with Gasteiger partial charge in [-0.15, -0.1) is 0 Å². The summed E-state index contributed by atoms with van der Waals surface area (Å²) in [6.07, 6.45) is 1.84. The fourth-order valence-electron chi connectivity index (χ4n) is 1.36. The Hall–Kier alpha value is -0.710. The summed E-state index contributed by atoms with van der Waals surface area (Å²) in [6.45, 7) is 1.97. The number of halogens is 1. The molecule has 0 saturated carbocycles. The minimum absolute atomic E-state index is 0.0984. The lowest BCUT2D eigenvalue weighted by Gasteiger charge is -2.10. The molecule has 15 heavy (non-hydrogen) atoms. The van der Waals surface area contributed by atoms with Gasteiger partial charge in [0.15, 0.2) is 0 Å². The van der Waals surface area contributed by atoms with E-state index in [1.807, 2.05) is 30.6 Å². The highest BCUT2D eigenvalue weighted by atomic mass is 79.9. The van der Waals surface area contributed by atoms with E-state index in [-0.39, 0.29) is 6.04 Å². The summed E-state index contributed by atoms with van der Waals surface area (Å²) in [6, 6.07) is 3.91. The van der Waals surface area contributed by atoms with Crippen LogP contribution in [-0.4, -0.2) is 4.98 Å². The van der Waals surface area contributed by atoms with Crippen LogP contribution in [0.4, 0.5) is 0 Å². The van der Waals surface area contributed by atoms with Crippen LogP contribution in [0.2, 0.25) is 0 Å². The van der Waals surface area contributed by atoms with E-state index in [1.54, 1.807) is 11.3 Å². The standard InChI is InChI=1S/C11H11BrN2S/c1-7-2-3-8(4-14-7)11(13)9-5-15-6-10(9)12/h2-6,11H,13H2,1H3. The van der Waals surface area contributed by atoms with Gasteiger partial charge < -0.3 is 5.73 Å². The van der Waals surface area contributed by atoms with Gasteiger partial charge in [0.2, 0.25) is 0 Å². The zero-order valence-corrected chi connectivity index (χ0v) is 10.7. The number of aromatic nitrogens is 1. The molecule has 0 radical (unpaired) electrons. The van der Waals surface area contributed by atoms with E-state index < -0.39 is 0 Å². The first-order valence-corrected chi connectivity index (χ1v) is 6.32. The van der Waals surface area contributed by atoms with Gasteiger partial charge in [0.1, 0.15) is 0 Å². The van der Waals surface area contributed by atoms with E-state index in [4.69, 9.17) is 5.73 Å². The third-order valence-electron chi connectivity index (χ3n) is 2.27. The van der Waals surface area contributed by atoms with Crippen LogP contribution >= 0.6 is 27.3 Å². The van der Waals surface area contributed by atoms with E-state index in [1.165, 1.54) is 0 Å². The second-order valence-corrected chi connectivity index (χ2v) is 4.98. The zero-order valence-electron chi connectivity index (χ0n) is 8.27. The van der Waals surface area contributed by atoms with Crippen molar-refractivity contribution in [3.63, 3.8) is 0 Å². The molecule has 2 rings (SSSR count). The van der Waals surface area contributed by atoms with Gasteiger partial charge in [-0.3, -0.25) is 4.98 Å². The molecule has 2 heterocycles. The van der Waals surface area contributed by atoms with Crippen LogP contribution in [0.15, 0.2) is 33.6 Å². The van der Waals surface area contributed by atoms with Gasteiger partial charge in [0.05, 0.1) is 6.04 Å². The van der Waals surface area contributed by atoms with Gasteiger partial charge in [-0.25, -0.2) is 0 Å². The van der Waals surface area contributed by atoms with E-state index in [9.17, 15) is 0 Å². The number of hydrogen-bond acceptors (Lipinski definition) is 3. The summed E-state index contributed by atoms with van der Waals surface area (Å²) in [5.74, 6) is 0. The van der Waals surface area contributed by atoms with Crippen molar-refractivity contribution in [3.8, 4) is 0 Å². The van der Waals surface area contributed by atoms with Crippen LogP contribution in [0.5, 0.6) is 0 Å². The highest BCUT2D eigenvalue weighted by Crippen LogP contribution is 2.29. The molecule has 4 heteroatoms. The smallest absolute Gasteiger partial charge is 0.0586 e. The molecular weight excluding hydrogens is 272 g/mol. The molecule has 2 aromatic rings. The number of aryl methyl sites for hydroxylation is 1. The van der Waals surface area contributed by atoms with Crippen LogP contribution in [0.25, 0.3) is 0 Å². The molecule has 0 bridgehead atoms. The topological polar surface area (TPSA) is 38.9 Å². The third kappa shape index (κ3) is 2.27. The Balaban J connectivity index is 2.32. The molecule has 2 aromatic heterocycles. The van der Waals surface area contributed by atoms with E-state index in [0.29, 0.717) is 0 Å². The van der Waals surface area contributed by atoms with Gasteiger partial charge >= 0.3 is 0 Å². The van der Waals surface area contributed by atoms with Crippen molar-refractivity contribution in [2.24, 2.45) is 5.73 Å². The number of rotatable bonds is 2. The Bertz CT molecular complexity index is 450. The zero-order chi connectivity index (χ0) is 10.8. The van der Waals surface area contributed by atoms with Crippen LogP contribution in [0, 0.1) is 6.92 Å². The summed E-state index contributed by atoms with van der Waals surface area (Å²) in [4.78, 5) is 4.25. The predicted molar refractivity (Wildman–Crippen MR) is 67.0 cm³/mol. The molecule has 78 valence electrons. The van der Waals surface area contributed by atoms with Gasteiger partial charge in [-0.2, -0.15) is 11.3 Å². The van der Waals surface area contributed by atoms with Crippen molar-refractivity contribution in [2.75, 3.05) is 0 Å². The number of nitrogens with two attached hydrogens (primary N) is 1. The largest absolute Gasteiger partial charge is 0.320 e. The second-order valence-electron chi connectivity index (χ2n) is 3.39. The SMILES string of the molecule is Cc1ccc(C(N)c2cscc2Br)cn1. The lowest BCUT2D eigenvalue weighted by Crippen LogP contribution is -2.11. The Morgan fingerprint density at radius 2 is 2.20 bits per heavy atom. The van der Waals surface area contributed by atoms with Crippen LogP contribution < -0.4 is 5.73 Å². The van der Waals surface area contributed by atoms with Gasteiger partial charge in [-0.05, 0) is 45.4 Å². The van der Waals surface area contributed by atoms with Crippen molar-refractivity contribution >= 4 is 27.3 Å². The first kappa shape index (κ1) is 10.8. The predicted octanol–water partition coefficient (Wildman–Crippen LogP) is 3.26. The average Bonchev–Trinajstić information content (AvgIpc) is 2.65. The highest BCUT2D eigenvalue weighted by Gasteiger charge is 2.12. The quantitative estimate of drug-likeness (QED) is 0.918. The first-order valence-electron chi connectivity index (χ1n) is 4.58. The molecule has 2 nitrogen and oxygen atoms in total. The molecule has 0 aliphatic heterocycles. The van der Waals surface area contributed by atoms with Crippen molar-refractivity contribution in [1.82, 2.24) is 4.98 Å². The normalized spacial score (nSPS) is 12.7. The molecule has 2 N–H and O–H groups in total. The van der Waals surface area contributed by atoms with Crippen molar-refractivity contribution in [3.05, 3.63) is 50.4 Å². The maximum absolute atomic E-state index is 6.15. The minimum atomic E-state index is -0.0984. The Morgan fingerprint density at radius 1 is 1.40 bits per heavy atom. The Labute approximate surface area is 101 Å². The van der Waals surface area contributed by atoms with E-state index in [2.05, 4.69) is 26.3 Å². The summed E-state index contributed by atoms with van der Waals surface area (Å²) in [7, 11) is 0. The summed E-state index contributed by atoms with van der Waals surface area (Å²) in [5, 5.41) is 4.10. The van der Waals surface area contributed by atoms with Crippen LogP contribution in [-0.2, 0) is 0 Å². The van der Waals surface area contributed by atoms with Crippen LogP contribution in [0.3, 0.4) is 0 Å². The third-order valence-corrected chi connectivity index (χ3v) is 4.02. The van der Waals surface area contributed by atoms with Crippen molar-refractivity contribution in [2.45, 2.75) is 13.0 Å². The lowest BCUT2D eigenvalue weighted by atomic mass is 10.0. The minimum Gasteiger partial charge on any atom is -0.320 e. The molecule has 0 aliphatic carbocycles. The van der Waals surface area contributed by atoms with Crippen molar-refractivity contribution in [1.29, 1.82) is 0 Å². The van der Waals surface area contributed by atoms with E-state index in [0.717, 1.165) is 21.3 Å². The Morgan fingerprint density at radius 3 is 2.73 bits per heavy atom. The Kier molecular flexibility index (Phi) is 3.19.